The molecule has 0 aliphatic rings. The third-order valence-corrected chi connectivity index (χ3v) is 3.47. The molecule has 2 aromatic rings. The van der Waals surface area contributed by atoms with E-state index < -0.39 is 29.4 Å². The van der Waals surface area contributed by atoms with Gasteiger partial charge in [-0.05, 0) is 31.5 Å². The van der Waals surface area contributed by atoms with Crippen molar-refractivity contribution in [1.29, 1.82) is 0 Å². The number of carbonyl (C=O) groups is 1. The van der Waals surface area contributed by atoms with Gasteiger partial charge in [0.05, 0.1) is 18.4 Å². The molecule has 0 N–H and O–H groups in total. The standard InChI is InChI=1S/C14H14F3N3O3/c1-8-10(14(15,16)17)5-4-6-11(8)19-7-18-20(13(19)22)9(2)12(21)23-3/h4-7,9H,1-3H3/t9-/m0/s1. The Labute approximate surface area is 129 Å². The van der Waals surface area contributed by atoms with Gasteiger partial charge < -0.3 is 4.74 Å². The smallest absolute Gasteiger partial charge is 0.416 e. The first kappa shape index (κ1) is 16.8. The number of hydrogen-bond donors (Lipinski definition) is 0. The predicted molar refractivity (Wildman–Crippen MR) is 74.3 cm³/mol. The van der Waals surface area contributed by atoms with Crippen molar-refractivity contribution in [2.75, 3.05) is 7.11 Å². The molecule has 9 heteroatoms. The fourth-order valence-electron chi connectivity index (χ4n) is 2.21. The molecule has 0 bridgehead atoms. The number of rotatable bonds is 3. The molecule has 0 saturated carbocycles. The van der Waals surface area contributed by atoms with Gasteiger partial charge in [0.1, 0.15) is 6.33 Å². The molecule has 124 valence electrons. The van der Waals surface area contributed by atoms with E-state index in [9.17, 15) is 22.8 Å². The number of hydrogen-bond acceptors (Lipinski definition) is 4. The first-order chi connectivity index (χ1) is 10.7. The molecule has 1 aromatic heterocycles. The Kier molecular flexibility index (Phi) is 4.31. The van der Waals surface area contributed by atoms with Gasteiger partial charge >= 0.3 is 17.8 Å². The molecule has 2 rings (SSSR count). The minimum atomic E-state index is -4.53. The summed E-state index contributed by atoms with van der Waals surface area (Å²) < 4.78 is 45.2. The van der Waals surface area contributed by atoms with Gasteiger partial charge in [-0.25, -0.2) is 14.2 Å². The molecular weight excluding hydrogens is 315 g/mol. The third-order valence-electron chi connectivity index (χ3n) is 3.47. The topological polar surface area (TPSA) is 66.1 Å². The third kappa shape index (κ3) is 2.99. The number of nitrogens with zero attached hydrogens (tertiary/aromatic N) is 3. The Morgan fingerprint density at radius 2 is 2.00 bits per heavy atom. The molecule has 0 saturated heterocycles. The zero-order valence-electron chi connectivity index (χ0n) is 12.6. The van der Waals surface area contributed by atoms with Gasteiger partial charge in [-0.2, -0.15) is 23.0 Å². The molecule has 6 nitrogen and oxygen atoms in total. The largest absolute Gasteiger partial charge is 0.467 e. The summed E-state index contributed by atoms with van der Waals surface area (Å²) in [5.74, 6) is -0.682. The lowest BCUT2D eigenvalue weighted by Crippen LogP contribution is -2.31. The van der Waals surface area contributed by atoms with Crippen LogP contribution in [0.2, 0.25) is 0 Å². The van der Waals surface area contributed by atoms with Crippen LogP contribution in [0.3, 0.4) is 0 Å². The van der Waals surface area contributed by atoms with Crippen molar-refractivity contribution in [3.63, 3.8) is 0 Å². The summed E-state index contributed by atoms with van der Waals surface area (Å²) in [5, 5.41) is 3.78. The molecule has 23 heavy (non-hydrogen) atoms. The number of aromatic nitrogens is 3. The average Bonchev–Trinajstić information content (AvgIpc) is 2.86. The molecule has 0 amide bonds. The summed E-state index contributed by atoms with van der Waals surface area (Å²) >= 11 is 0. The highest BCUT2D eigenvalue weighted by Crippen LogP contribution is 2.33. The Bertz CT molecular complexity index is 793. The number of benzene rings is 1. The maximum Gasteiger partial charge on any atom is 0.416 e. The minimum Gasteiger partial charge on any atom is -0.467 e. The Morgan fingerprint density at radius 1 is 1.35 bits per heavy atom. The van der Waals surface area contributed by atoms with E-state index in [0.717, 1.165) is 28.8 Å². The van der Waals surface area contributed by atoms with Gasteiger partial charge in [0.2, 0.25) is 0 Å². The van der Waals surface area contributed by atoms with Crippen LogP contribution in [0.5, 0.6) is 0 Å². The lowest BCUT2D eigenvalue weighted by Gasteiger charge is -2.13. The van der Waals surface area contributed by atoms with E-state index in [1.54, 1.807) is 0 Å². The van der Waals surface area contributed by atoms with Crippen molar-refractivity contribution in [3.8, 4) is 5.69 Å². The molecular formula is C14H14F3N3O3. The quantitative estimate of drug-likeness (QED) is 0.809. The van der Waals surface area contributed by atoms with Crippen molar-refractivity contribution in [2.45, 2.75) is 26.1 Å². The number of halogens is 3. The van der Waals surface area contributed by atoms with Gasteiger partial charge in [-0.3, -0.25) is 0 Å². The van der Waals surface area contributed by atoms with Crippen LogP contribution in [0.1, 0.15) is 24.1 Å². The second kappa shape index (κ2) is 5.90. The average molecular weight is 329 g/mol. The number of methoxy groups -OCH3 is 1. The van der Waals surface area contributed by atoms with E-state index in [1.165, 1.54) is 26.0 Å². The SMILES string of the molecule is COC(=O)[C@H](C)n1ncn(-c2cccc(C(F)(F)F)c2C)c1=O. The Balaban J connectivity index is 2.56. The zero-order chi connectivity index (χ0) is 17.4. The van der Waals surface area contributed by atoms with Crippen LogP contribution in [0.4, 0.5) is 13.2 Å². The molecule has 0 unspecified atom stereocenters. The zero-order valence-corrected chi connectivity index (χ0v) is 12.6. The van der Waals surface area contributed by atoms with Crippen LogP contribution in [-0.4, -0.2) is 27.4 Å². The summed E-state index contributed by atoms with van der Waals surface area (Å²) in [5.41, 5.74) is -1.62. The fraction of sp³-hybridized carbons (Fsp3) is 0.357. The van der Waals surface area contributed by atoms with Gasteiger partial charge in [0, 0.05) is 0 Å². The van der Waals surface area contributed by atoms with Gasteiger partial charge in [0.15, 0.2) is 6.04 Å². The number of carbonyl (C=O) groups excluding carboxylic acids is 1. The first-order valence-corrected chi connectivity index (χ1v) is 6.59. The summed E-state index contributed by atoms with van der Waals surface area (Å²) in [6, 6.07) is 2.53. The molecule has 1 atom stereocenters. The van der Waals surface area contributed by atoms with Gasteiger partial charge in [0.25, 0.3) is 0 Å². The molecule has 1 heterocycles. The van der Waals surface area contributed by atoms with Crippen LogP contribution in [0, 0.1) is 6.92 Å². The van der Waals surface area contributed by atoms with Crippen LogP contribution in [0.25, 0.3) is 5.69 Å². The normalized spacial score (nSPS) is 13.0. The van der Waals surface area contributed by atoms with Crippen LogP contribution in [0.15, 0.2) is 29.3 Å². The highest BCUT2D eigenvalue weighted by molar-refractivity contribution is 5.73. The molecule has 1 aromatic carbocycles. The van der Waals surface area contributed by atoms with Crippen LogP contribution >= 0.6 is 0 Å². The van der Waals surface area contributed by atoms with E-state index in [1.807, 2.05) is 0 Å². The molecule has 0 radical (unpaired) electrons. The lowest BCUT2D eigenvalue weighted by atomic mass is 10.1. The van der Waals surface area contributed by atoms with Crippen molar-refractivity contribution < 1.29 is 22.7 Å². The van der Waals surface area contributed by atoms with Crippen molar-refractivity contribution in [2.24, 2.45) is 0 Å². The number of esters is 1. The van der Waals surface area contributed by atoms with E-state index in [0.29, 0.717) is 0 Å². The second-order valence-electron chi connectivity index (χ2n) is 4.87. The maximum absolute atomic E-state index is 13.0. The second-order valence-corrected chi connectivity index (χ2v) is 4.87. The highest BCUT2D eigenvalue weighted by Gasteiger charge is 2.33. The van der Waals surface area contributed by atoms with E-state index in [2.05, 4.69) is 9.84 Å². The van der Waals surface area contributed by atoms with Gasteiger partial charge in [-0.15, -0.1) is 0 Å². The maximum atomic E-state index is 13.0. The monoisotopic (exact) mass is 329 g/mol. The molecule has 0 fully saturated rings. The van der Waals surface area contributed by atoms with E-state index in [-0.39, 0.29) is 11.3 Å². The minimum absolute atomic E-state index is 0.0492. The highest BCUT2D eigenvalue weighted by atomic mass is 19.4. The van der Waals surface area contributed by atoms with Crippen molar-refractivity contribution >= 4 is 5.97 Å². The lowest BCUT2D eigenvalue weighted by molar-refractivity contribution is -0.144. The first-order valence-electron chi connectivity index (χ1n) is 6.59. The summed E-state index contributed by atoms with van der Waals surface area (Å²) in [6.07, 6.45) is -3.46. The van der Waals surface area contributed by atoms with Crippen LogP contribution in [-0.2, 0) is 15.7 Å². The van der Waals surface area contributed by atoms with Gasteiger partial charge in [-0.1, -0.05) is 6.07 Å². The molecule has 0 aliphatic heterocycles. The van der Waals surface area contributed by atoms with E-state index >= 15 is 0 Å². The van der Waals surface area contributed by atoms with E-state index in [4.69, 9.17) is 0 Å². The number of ether oxygens (including phenoxy) is 1. The Hall–Kier alpha value is -2.58. The summed E-state index contributed by atoms with van der Waals surface area (Å²) in [6.45, 7) is 2.68. The summed E-state index contributed by atoms with van der Waals surface area (Å²) in [7, 11) is 1.16. The van der Waals surface area contributed by atoms with Crippen LogP contribution < -0.4 is 5.69 Å². The predicted octanol–water partition coefficient (Wildman–Crippen LogP) is 2.10. The molecule has 0 spiro atoms. The summed E-state index contributed by atoms with van der Waals surface area (Å²) in [4.78, 5) is 23.8. The fourth-order valence-corrected chi connectivity index (χ4v) is 2.21. The Morgan fingerprint density at radius 3 is 2.57 bits per heavy atom. The number of alkyl halides is 3. The van der Waals surface area contributed by atoms with Crippen molar-refractivity contribution in [3.05, 3.63) is 46.1 Å². The van der Waals surface area contributed by atoms with Crippen molar-refractivity contribution in [1.82, 2.24) is 14.3 Å². The molecule has 0 aliphatic carbocycles.